The molecule has 0 radical (unpaired) electrons. The van der Waals surface area contributed by atoms with E-state index in [1.165, 1.54) is 0 Å². The van der Waals surface area contributed by atoms with Crippen molar-refractivity contribution in [3.05, 3.63) is 46.5 Å². The van der Waals surface area contributed by atoms with E-state index in [1.807, 2.05) is 0 Å². The van der Waals surface area contributed by atoms with Crippen molar-refractivity contribution in [3.63, 3.8) is 0 Å². The lowest BCUT2D eigenvalue weighted by Gasteiger charge is -2.16. The van der Waals surface area contributed by atoms with Crippen LogP contribution in [0.4, 0.5) is 26.3 Å². The Kier molecular flexibility index (Phi) is 7.05. The lowest BCUT2D eigenvalue weighted by atomic mass is 10.0. The first-order valence-corrected chi connectivity index (χ1v) is 7.70. The van der Waals surface area contributed by atoms with E-state index >= 15 is 0 Å². The number of nitrogens with two attached hydrogens (primary N) is 1. The van der Waals surface area contributed by atoms with Gasteiger partial charge in [0.25, 0.3) is 0 Å². The van der Waals surface area contributed by atoms with Crippen molar-refractivity contribution in [1.29, 1.82) is 0 Å². The van der Waals surface area contributed by atoms with Gasteiger partial charge in [-0.25, -0.2) is 0 Å². The van der Waals surface area contributed by atoms with Gasteiger partial charge in [-0.05, 0) is 44.0 Å². The summed E-state index contributed by atoms with van der Waals surface area (Å²) < 4.78 is 77.0. The van der Waals surface area contributed by atoms with Gasteiger partial charge in [0.15, 0.2) is 0 Å². The molecular formula is C17H18F6N2O2. The zero-order valence-electron chi connectivity index (χ0n) is 14.5. The normalized spacial score (nSPS) is 13.0. The molecule has 1 aromatic carbocycles. The van der Waals surface area contributed by atoms with Crippen LogP contribution in [0.1, 0.15) is 37.0 Å². The number of nitrogens with one attached hydrogen (secondary N) is 1. The molecule has 0 fully saturated rings. The third-order valence-electron chi connectivity index (χ3n) is 3.45. The van der Waals surface area contributed by atoms with E-state index in [-0.39, 0.29) is 12.5 Å². The van der Waals surface area contributed by atoms with Crippen LogP contribution in [0.3, 0.4) is 0 Å². The molecule has 150 valence electrons. The maximum absolute atomic E-state index is 12.8. The number of halogens is 6. The van der Waals surface area contributed by atoms with Gasteiger partial charge in [-0.1, -0.05) is 11.6 Å². The summed E-state index contributed by atoms with van der Waals surface area (Å²) in [5.74, 6) is -1.80. The highest BCUT2D eigenvalue weighted by Crippen LogP contribution is 2.36. The average molecular weight is 396 g/mol. The van der Waals surface area contributed by atoms with Gasteiger partial charge in [-0.3, -0.25) is 9.59 Å². The molecule has 1 atom stereocenters. The van der Waals surface area contributed by atoms with Crippen LogP contribution < -0.4 is 11.1 Å². The van der Waals surface area contributed by atoms with Crippen molar-refractivity contribution < 1.29 is 35.9 Å². The predicted octanol–water partition coefficient (Wildman–Crippen LogP) is 3.59. The topological polar surface area (TPSA) is 72.2 Å². The largest absolute Gasteiger partial charge is 0.416 e. The Morgan fingerprint density at radius 2 is 1.52 bits per heavy atom. The van der Waals surface area contributed by atoms with Crippen LogP contribution in [0, 0.1) is 0 Å². The molecule has 0 unspecified atom stereocenters. The molecular weight excluding hydrogens is 378 g/mol. The van der Waals surface area contributed by atoms with Crippen LogP contribution in [-0.2, 0) is 28.4 Å². The van der Waals surface area contributed by atoms with Crippen molar-refractivity contribution in [2.24, 2.45) is 5.73 Å². The minimum atomic E-state index is -5.01. The fraction of sp³-hybridized carbons (Fsp3) is 0.412. The Hall–Kier alpha value is -2.52. The summed E-state index contributed by atoms with van der Waals surface area (Å²) in [5.41, 5.74) is 2.46. The zero-order valence-corrected chi connectivity index (χ0v) is 14.5. The van der Waals surface area contributed by atoms with Crippen LogP contribution in [-0.4, -0.2) is 17.9 Å². The van der Waals surface area contributed by atoms with E-state index in [0.29, 0.717) is 12.1 Å². The number of alkyl halides is 6. The van der Waals surface area contributed by atoms with E-state index in [9.17, 15) is 35.9 Å². The molecule has 0 saturated carbocycles. The second-order valence-corrected chi connectivity index (χ2v) is 6.13. The number of primary amides is 1. The molecule has 4 nitrogen and oxygen atoms in total. The smallest absolute Gasteiger partial charge is 0.368 e. The van der Waals surface area contributed by atoms with E-state index in [0.717, 1.165) is 5.57 Å². The van der Waals surface area contributed by atoms with E-state index < -0.39 is 53.3 Å². The number of hydrogen-bond acceptors (Lipinski definition) is 2. The lowest BCUT2D eigenvalue weighted by molar-refractivity contribution is -0.143. The third kappa shape index (κ3) is 7.32. The van der Waals surface area contributed by atoms with Crippen LogP contribution in [0.2, 0.25) is 0 Å². The van der Waals surface area contributed by atoms with Crippen molar-refractivity contribution in [3.8, 4) is 0 Å². The first-order valence-electron chi connectivity index (χ1n) is 7.70. The number of rotatable bonds is 6. The molecule has 10 heteroatoms. The van der Waals surface area contributed by atoms with Gasteiger partial charge in [0.05, 0.1) is 17.5 Å². The first-order chi connectivity index (χ1) is 12.2. The molecule has 0 aromatic heterocycles. The summed E-state index contributed by atoms with van der Waals surface area (Å²) in [7, 11) is 0. The SMILES string of the molecule is CC(C)=CC[C@@H](NC(=O)Cc1cc(C(F)(F)F)cc(C(F)(F)F)c1)C(N)=O. The fourth-order valence-corrected chi connectivity index (χ4v) is 2.15. The highest BCUT2D eigenvalue weighted by atomic mass is 19.4. The summed E-state index contributed by atoms with van der Waals surface area (Å²) in [5, 5.41) is 2.22. The predicted molar refractivity (Wildman–Crippen MR) is 85.3 cm³/mol. The molecule has 0 aliphatic rings. The van der Waals surface area contributed by atoms with Gasteiger partial charge < -0.3 is 11.1 Å². The molecule has 3 N–H and O–H groups in total. The van der Waals surface area contributed by atoms with E-state index in [2.05, 4.69) is 5.32 Å². The van der Waals surface area contributed by atoms with Crippen molar-refractivity contribution >= 4 is 11.8 Å². The Bertz CT molecular complexity index is 702. The Balaban J connectivity index is 3.07. The minimum absolute atomic E-state index is 0.0254. The Morgan fingerprint density at radius 3 is 1.89 bits per heavy atom. The maximum atomic E-state index is 12.8. The first kappa shape index (κ1) is 22.5. The molecule has 1 aromatic rings. The van der Waals surface area contributed by atoms with Gasteiger partial charge in [0.2, 0.25) is 11.8 Å². The fourth-order valence-electron chi connectivity index (χ4n) is 2.15. The van der Waals surface area contributed by atoms with Gasteiger partial charge in [-0.2, -0.15) is 26.3 Å². The van der Waals surface area contributed by atoms with Crippen molar-refractivity contribution in [1.82, 2.24) is 5.32 Å². The van der Waals surface area contributed by atoms with Crippen LogP contribution in [0.15, 0.2) is 29.8 Å². The lowest BCUT2D eigenvalue weighted by Crippen LogP contribution is -2.44. The molecule has 1 rings (SSSR count). The highest BCUT2D eigenvalue weighted by molar-refractivity contribution is 5.87. The standard InChI is InChI=1S/C17H18F6N2O2/c1-9(2)3-4-13(15(24)27)25-14(26)7-10-5-11(16(18,19)20)8-12(6-10)17(21,22)23/h3,5-6,8,13H,4,7H2,1-2H3,(H2,24,27)(H,25,26)/t13-/m1/s1. The second kappa shape index (κ2) is 8.45. The molecule has 0 aliphatic heterocycles. The summed E-state index contributed by atoms with van der Waals surface area (Å²) in [4.78, 5) is 23.3. The molecule has 0 bridgehead atoms. The number of allylic oxidation sites excluding steroid dienone is 1. The Morgan fingerprint density at radius 1 is 1.04 bits per heavy atom. The van der Waals surface area contributed by atoms with E-state index in [4.69, 9.17) is 5.73 Å². The van der Waals surface area contributed by atoms with Crippen molar-refractivity contribution in [2.75, 3.05) is 0 Å². The van der Waals surface area contributed by atoms with Gasteiger partial charge >= 0.3 is 12.4 Å². The third-order valence-corrected chi connectivity index (χ3v) is 3.45. The average Bonchev–Trinajstić information content (AvgIpc) is 2.48. The summed E-state index contributed by atoms with van der Waals surface area (Å²) in [6.45, 7) is 3.47. The summed E-state index contributed by atoms with van der Waals surface area (Å²) >= 11 is 0. The molecule has 27 heavy (non-hydrogen) atoms. The molecule has 0 heterocycles. The molecule has 0 aliphatic carbocycles. The molecule has 2 amide bonds. The van der Waals surface area contributed by atoms with E-state index in [1.54, 1.807) is 19.9 Å². The Labute approximate surface area is 151 Å². The van der Waals surface area contributed by atoms with Crippen LogP contribution in [0.25, 0.3) is 0 Å². The van der Waals surface area contributed by atoms with Gasteiger partial charge in [-0.15, -0.1) is 0 Å². The van der Waals surface area contributed by atoms with Crippen LogP contribution >= 0.6 is 0 Å². The second-order valence-electron chi connectivity index (χ2n) is 6.13. The number of hydrogen-bond donors (Lipinski definition) is 2. The summed E-state index contributed by atoms with van der Waals surface area (Å²) in [6, 6.07) is -0.225. The zero-order chi connectivity index (χ0) is 21.0. The molecule has 0 spiro atoms. The number of carbonyl (C=O) groups is 2. The number of benzene rings is 1. The minimum Gasteiger partial charge on any atom is -0.368 e. The van der Waals surface area contributed by atoms with Crippen molar-refractivity contribution in [2.45, 2.75) is 45.1 Å². The monoisotopic (exact) mass is 396 g/mol. The number of amides is 2. The van der Waals surface area contributed by atoms with Crippen LogP contribution in [0.5, 0.6) is 0 Å². The summed E-state index contributed by atoms with van der Waals surface area (Å²) in [6.07, 6.45) is -9.12. The molecule has 0 saturated heterocycles. The number of carbonyl (C=O) groups excluding carboxylic acids is 2. The van der Waals surface area contributed by atoms with Gasteiger partial charge in [0.1, 0.15) is 6.04 Å². The highest BCUT2D eigenvalue weighted by Gasteiger charge is 2.37. The quantitative estimate of drug-likeness (QED) is 0.570. The maximum Gasteiger partial charge on any atom is 0.416 e. The van der Waals surface area contributed by atoms with Gasteiger partial charge in [0, 0.05) is 0 Å².